The van der Waals surface area contributed by atoms with Crippen LogP contribution in [-0.2, 0) is 19.0 Å². The van der Waals surface area contributed by atoms with E-state index in [-0.39, 0.29) is 11.5 Å². The second-order valence-electron chi connectivity index (χ2n) is 6.65. The maximum atomic E-state index is 14.1. The molecule has 1 aromatic carbocycles. The van der Waals surface area contributed by atoms with Gasteiger partial charge in [0, 0.05) is 36.7 Å². The summed E-state index contributed by atoms with van der Waals surface area (Å²) in [6.45, 7) is 2.53. The average molecular weight is 380 g/mol. The summed E-state index contributed by atoms with van der Waals surface area (Å²) in [5.74, 6) is -0.882. The SMILES string of the molecule is Cc1ccc(F)c2[nH]c3c(c12)CCN(C(=O)c1cc(C(F)(F)F)[nH]n1)CC3. The summed E-state index contributed by atoms with van der Waals surface area (Å²) in [6, 6.07) is 3.85. The summed E-state index contributed by atoms with van der Waals surface area (Å²) in [5.41, 5.74) is 1.89. The number of hydrogen-bond acceptors (Lipinski definition) is 2. The minimum absolute atomic E-state index is 0.264. The van der Waals surface area contributed by atoms with Crippen molar-refractivity contribution in [1.29, 1.82) is 0 Å². The lowest BCUT2D eigenvalue weighted by Gasteiger charge is -2.19. The van der Waals surface area contributed by atoms with E-state index in [0.29, 0.717) is 31.4 Å². The fourth-order valence-corrected chi connectivity index (χ4v) is 3.61. The highest BCUT2D eigenvalue weighted by Gasteiger charge is 2.34. The van der Waals surface area contributed by atoms with E-state index in [0.717, 1.165) is 28.3 Å². The van der Waals surface area contributed by atoms with Crippen molar-refractivity contribution in [3.05, 3.63) is 52.2 Å². The summed E-state index contributed by atoms with van der Waals surface area (Å²) in [7, 11) is 0. The van der Waals surface area contributed by atoms with Crippen molar-refractivity contribution < 1.29 is 22.4 Å². The van der Waals surface area contributed by atoms with Crippen molar-refractivity contribution in [2.75, 3.05) is 13.1 Å². The first-order valence-electron chi connectivity index (χ1n) is 8.46. The van der Waals surface area contributed by atoms with Crippen molar-refractivity contribution in [3.8, 4) is 0 Å². The van der Waals surface area contributed by atoms with Gasteiger partial charge in [0.25, 0.3) is 5.91 Å². The van der Waals surface area contributed by atoms with Gasteiger partial charge in [0.1, 0.15) is 11.5 Å². The van der Waals surface area contributed by atoms with E-state index in [9.17, 15) is 22.4 Å². The van der Waals surface area contributed by atoms with Crippen LogP contribution in [-0.4, -0.2) is 39.1 Å². The molecule has 3 aromatic rings. The van der Waals surface area contributed by atoms with Gasteiger partial charge in [-0.15, -0.1) is 0 Å². The zero-order valence-corrected chi connectivity index (χ0v) is 14.4. The Labute approximate surface area is 151 Å². The Kier molecular flexibility index (Phi) is 3.97. The van der Waals surface area contributed by atoms with Gasteiger partial charge in [0.15, 0.2) is 5.69 Å². The van der Waals surface area contributed by atoms with Gasteiger partial charge >= 0.3 is 6.18 Å². The predicted molar refractivity (Wildman–Crippen MR) is 89.9 cm³/mol. The Morgan fingerprint density at radius 2 is 1.96 bits per heavy atom. The Bertz CT molecular complexity index is 1030. The molecular weight excluding hydrogens is 364 g/mol. The molecule has 0 unspecified atom stereocenters. The number of aromatic amines is 2. The van der Waals surface area contributed by atoms with Crippen LogP contribution >= 0.6 is 0 Å². The molecule has 1 aliphatic heterocycles. The molecule has 0 saturated heterocycles. The largest absolute Gasteiger partial charge is 0.432 e. The molecule has 5 nitrogen and oxygen atoms in total. The smallest absolute Gasteiger partial charge is 0.356 e. The number of fused-ring (bicyclic) bond motifs is 3. The monoisotopic (exact) mass is 380 g/mol. The number of hydrogen-bond donors (Lipinski definition) is 2. The molecule has 142 valence electrons. The second-order valence-corrected chi connectivity index (χ2v) is 6.65. The first-order valence-corrected chi connectivity index (χ1v) is 8.46. The van der Waals surface area contributed by atoms with Gasteiger partial charge in [-0.05, 0) is 30.5 Å². The molecule has 9 heteroatoms. The van der Waals surface area contributed by atoms with Gasteiger partial charge in [-0.1, -0.05) is 6.07 Å². The molecule has 4 rings (SSSR count). The first-order chi connectivity index (χ1) is 12.8. The van der Waals surface area contributed by atoms with Crippen molar-refractivity contribution in [3.63, 3.8) is 0 Å². The number of amides is 1. The first kappa shape index (κ1) is 17.6. The van der Waals surface area contributed by atoms with Crippen molar-refractivity contribution in [1.82, 2.24) is 20.1 Å². The van der Waals surface area contributed by atoms with Gasteiger partial charge in [-0.25, -0.2) is 4.39 Å². The fourth-order valence-electron chi connectivity index (χ4n) is 3.61. The summed E-state index contributed by atoms with van der Waals surface area (Å²) in [5, 5.41) is 6.19. The minimum atomic E-state index is -4.58. The van der Waals surface area contributed by atoms with Crippen molar-refractivity contribution in [2.24, 2.45) is 0 Å². The number of nitrogens with one attached hydrogen (secondary N) is 2. The van der Waals surface area contributed by atoms with Crippen LogP contribution in [0.5, 0.6) is 0 Å². The van der Waals surface area contributed by atoms with E-state index in [4.69, 9.17) is 0 Å². The summed E-state index contributed by atoms with van der Waals surface area (Å²) >= 11 is 0. The van der Waals surface area contributed by atoms with Crippen molar-refractivity contribution >= 4 is 16.8 Å². The molecule has 0 saturated carbocycles. The molecule has 0 atom stereocenters. The highest BCUT2D eigenvalue weighted by atomic mass is 19.4. The third-order valence-corrected chi connectivity index (χ3v) is 4.96. The van der Waals surface area contributed by atoms with Gasteiger partial charge in [-0.2, -0.15) is 18.3 Å². The number of aryl methyl sites for hydroxylation is 1. The summed E-state index contributed by atoms with van der Waals surface area (Å²) in [6.07, 6.45) is -3.63. The van der Waals surface area contributed by atoms with Gasteiger partial charge in [0.2, 0.25) is 0 Å². The lowest BCUT2D eigenvalue weighted by atomic mass is 10.0. The minimum Gasteiger partial charge on any atom is -0.356 e. The van der Waals surface area contributed by atoms with Crippen molar-refractivity contribution in [2.45, 2.75) is 25.9 Å². The Morgan fingerprint density at radius 1 is 1.22 bits per heavy atom. The number of benzene rings is 1. The molecule has 0 fully saturated rings. The normalized spacial score (nSPS) is 15.1. The van der Waals surface area contributed by atoms with E-state index >= 15 is 0 Å². The highest BCUT2D eigenvalue weighted by molar-refractivity contribution is 5.93. The lowest BCUT2D eigenvalue weighted by Crippen LogP contribution is -2.33. The summed E-state index contributed by atoms with van der Waals surface area (Å²) in [4.78, 5) is 17.1. The zero-order chi connectivity index (χ0) is 19.3. The van der Waals surface area contributed by atoms with Gasteiger partial charge in [-0.3, -0.25) is 9.89 Å². The Balaban J connectivity index is 1.59. The zero-order valence-electron chi connectivity index (χ0n) is 14.4. The van der Waals surface area contributed by atoms with E-state index in [1.165, 1.54) is 11.0 Å². The molecule has 2 N–H and O–H groups in total. The number of carbonyl (C=O) groups is 1. The molecule has 27 heavy (non-hydrogen) atoms. The third kappa shape index (κ3) is 2.96. The van der Waals surface area contributed by atoms with Crippen LogP contribution in [0.4, 0.5) is 17.6 Å². The maximum Gasteiger partial charge on any atom is 0.432 e. The number of carbonyl (C=O) groups excluding carboxylic acids is 1. The maximum absolute atomic E-state index is 14.1. The van der Waals surface area contributed by atoms with Crippen LogP contribution in [0, 0.1) is 12.7 Å². The average Bonchev–Trinajstić information content (AvgIpc) is 3.19. The number of aromatic nitrogens is 3. The molecule has 0 bridgehead atoms. The Hall–Kier alpha value is -2.84. The van der Waals surface area contributed by atoms with Crippen LogP contribution in [0.2, 0.25) is 0 Å². The molecule has 1 aliphatic rings. The van der Waals surface area contributed by atoms with Crippen LogP contribution in [0.25, 0.3) is 10.9 Å². The van der Waals surface area contributed by atoms with E-state index in [1.807, 2.05) is 12.0 Å². The predicted octanol–water partition coefficient (Wildman–Crippen LogP) is 3.60. The topological polar surface area (TPSA) is 64.8 Å². The van der Waals surface area contributed by atoms with E-state index < -0.39 is 17.8 Å². The number of halogens is 4. The fraction of sp³-hybridized carbons (Fsp3) is 0.333. The van der Waals surface area contributed by atoms with Crippen LogP contribution in [0.1, 0.15) is 33.0 Å². The van der Waals surface area contributed by atoms with Gasteiger partial charge < -0.3 is 9.88 Å². The molecule has 2 aromatic heterocycles. The molecule has 0 aliphatic carbocycles. The number of H-pyrrole nitrogens is 2. The highest BCUT2D eigenvalue weighted by Crippen LogP contribution is 2.31. The third-order valence-electron chi connectivity index (χ3n) is 4.96. The lowest BCUT2D eigenvalue weighted by molar-refractivity contribution is -0.141. The molecule has 0 spiro atoms. The number of alkyl halides is 3. The Morgan fingerprint density at radius 3 is 2.67 bits per heavy atom. The quantitative estimate of drug-likeness (QED) is 0.634. The molecule has 1 amide bonds. The molecule has 3 heterocycles. The molecule has 0 radical (unpaired) electrons. The standard InChI is InChI=1S/C18H16F4N4O/c1-9-2-3-11(19)16-15(9)10-4-6-26(7-5-12(10)23-16)17(27)13-8-14(25-24-13)18(20,21)22/h2-3,8,23H,4-7H2,1H3,(H,24,25). The van der Waals surface area contributed by atoms with E-state index in [1.54, 1.807) is 6.07 Å². The van der Waals surface area contributed by atoms with E-state index in [2.05, 4.69) is 10.1 Å². The number of nitrogens with zero attached hydrogens (tertiary/aromatic N) is 2. The molecular formula is C18H16F4N4O. The van der Waals surface area contributed by atoms with Crippen LogP contribution < -0.4 is 0 Å². The van der Waals surface area contributed by atoms with Gasteiger partial charge in [0.05, 0.1) is 5.52 Å². The van der Waals surface area contributed by atoms with Crippen LogP contribution in [0.15, 0.2) is 18.2 Å². The number of rotatable bonds is 1. The second kappa shape index (κ2) is 6.11. The van der Waals surface area contributed by atoms with Crippen LogP contribution in [0.3, 0.4) is 0 Å². The summed E-state index contributed by atoms with van der Waals surface area (Å²) < 4.78 is 52.2.